The molecule has 3 heterocycles. The van der Waals surface area contributed by atoms with Gasteiger partial charge in [0.25, 0.3) is 0 Å². The number of hydrogen-bond donors (Lipinski definition) is 2. The van der Waals surface area contributed by atoms with Crippen molar-refractivity contribution in [2.24, 2.45) is 0 Å². The first-order valence-electron chi connectivity index (χ1n) is 11.1. The van der Waals surface area contributed by atoms with Gasteiger partial charge in [-0.25, -0.2) is 19.6 Å². The van der Waals surface area contributed by atoms with E-state index in [1.165, 1.54) is 20.5 Å². The van der Waals surface area contributed by atoms with Gasteiger partial charge in [-0.3, -0.25) is 0 Å². The summed E-state index contributed by atoms with van der Waals surface area (Å²) in [4.78, 5) is 35.1. The Morgan fingerprint density at radius 1 is 1.06 bits per heavy atom. The summed E-state index contributed by atoms with van der Waals surface area (Å²) in [6.45, 7) is 3.83. The standard InChI is InChI=1S/C24H27N7O5/c1-14-6-7-16(30-13-36-11-17(23(32)34-4)22(30)24(33)35-5)9-18(14)28-21-8-15(2)29-31(21)20-10-19(25-3)26-12-27-20/h6-10,12,28H,11,13H2,1-5H3,(H,25,26,27). The molecule has 3 aromatic rings. The van der Waals surface area contributed by atoms with Gasteiger partial charge < -0.3 is 29.7 Å². The Balaban J connectivity index is 1.74. The molecule has 0 fully saturated rings. The van der Waals surface area contributed by atoms with Crippen LogP contribution in [0.2, 0.25) is 0 Å². The molecule has 0 saturated carbocycles. The summed E-state index contributed by atoms with van der Waals surface area (Å²) >= 11 is 0. The molecule has 1 aliphatic heterocycles. The van der Waals surface area contributed by atoms with Crippen LogP contribution in [-0.2, 0) is 23.8 Å². The van der Waals surface area contributed by atoms with Gasteiger partial charge in [0.15, 0.2) is 5.82 Å². The number of ether oxygens (including phenoxy) is 3. The molecule has 0 saturated heterocycles. The zero-order chi connectivity index (χ0) is 25.8. The molecule has 0 atom stereocenters. The molecule has 1 aromatic carbocycles. The lowest BCUT2D eigenvalue weighted by Crippen LogP contribution is -2.38. The number of aryl methyl sites for hydroxylation is 2. The molecule has 0 radical (unpaired) electrons. The number of anilines is 4. The Labute approximate surface area is 207 Å². The van der Waals surface area contributed by atoms with Crippen LogP contribution >= 0.6 is 0 Å². The lowest BCUT2D eigenvalue weighted by molar-refractivity contribution is -0.140. The fourth-order valence-corrected chi connectivity index (χ4v) is 3.76. The molecule has 0 unspecified atom stereocenters. The van der Waals surface area contributed by atoms with Crippen LogP contribution in [0.25, 0.3) is 5.82 Å². The molecule has 2 N–H and O–H groups in total. The molecule has 0 aliphatic carbocycles. The van der Waals surface area contributed by atoms with E-state index in [1.807, 2.05) is 38.1 Å². The van der Waals surface area contributed by atoms with Gasteiger partial charge >= 0.3 is 11.9 Å². The summed E-state index contributed by atoms with van der Waals surface area (Å²) in [6, 6.07) is 9.27. The summed E-state index contributed by atoms with van der Waals surface area (Å²) < 4.78 is 17.1. The van der Waals surface area contributed by atoms with Gasteiger partial charge in [0.05, 0.1) is 32.1 Å². The Morgan fingerprint density at radius 3 is 2.56 bits per heavy atom. The zero-order valence-electron chi connectivity index (χ0n) is 20.7. The van der Waals surface area contributed by atoms with Crippen LogP contribution in [-0.4, -0.2) is 66.3 Å². The lowest BCUT2D eigenvalue weighted by Gasteiger charge is -2.31. The maximum atomic E-state index is 12.7. The van der Waals surface area contributed by atoms with E-state index >= 15 is 0 Å². The average molecular weight is 494 g/mol. The van der Waals surface area contributed by atoms with E-state index in [0.29, 0.717) is 23.1 Å². The maximum Gasteiger partial charge on any atom is 0.355 e. The van der Waals surface area contributed by atoms with E-state index in [4.69, 9.17) is 14.2 Å². The van der Waals surface area contributed by atoms with Crippen LogP contribution in [0.15, 0.2) is 47.9 Å². The number of rotatable bonds is 7. The van der Waals surface area contributed by atoms with Crippen molar-refractivity contribution in [3.63, 3.8) is 0 Å². The SMILES string of the molecule is CNc1cc(-n2nc(C)cc2Nc2cc(N3COCC(C(=O)OC)=C3C(=O)OC)ccc2C)ncn1. The Kier molecular flexibility index (Phi) is 7.15. The predicted octanol–water partition coefficient (Wildman–Crippen LogP) is 2.46. The fraction of sp³-hybridized carbons (Fsp3) is 0.292. The van der Waals surface area contributed by atoms with Gasteiger partial charge in [-0.1, -0.05) is 6.07 Å². The topological polar surface area (TPSA) is 133 Å². The highest BCUT2D eigenvalue weighted by Gasteiger charge is 2.32. The smallest absolute Gasteiger partial charge is 0.355 e. The van der Waals surface area contributed by atoms with Crippen molar-refractivity contribution in [2.75, 3.05) is 50.1 Å². The number of hydrogen-bond acceptors (Lipinski definition) is 11. The lowest BCUT2D eigenvalue weighted by atomic mass is 10.1. The molecule has 4 rings (SSSR count). The first-order chi connectivity index (χ1) is 17.4. The molecule has 1 aliphatic rings. The normalized spacial score (nSPS) is 13.4. The Morgan fingerprint density at radius 2 is 1.83 bits per heavy atom. The van der Waals surface area contributed by atoms with Crippen LogP contribution in [0.1, 0.15) is 11.3 Å². The highest BCUT2D eigenvalue weighted by molar-refractivity contribution is 6.03. The minimum Gasteiger partial charge on any atom is -0.466 e. The van der Waals surface area contributed by atoms with Crippen molar-refractivity contribution >= 4 is 34.9 Å². The fourth-order valence-electron chi connectivity index (χ4n) is 3.76. The third kappa shape index (κ3) is 4.84. The van der Waals surface area contributed by atoms with Crippen LogP contribution < -0.4 is 15.5 Å². The summed E-state index contributed by atoms with van der Waals surface area (Å²) in [5.74, 6) is 0.609. The Bertz CT molecular complexity index is 1330. The van der Waals surface area contributed by atoms with Gasteiger partial charge in [0, 0.05) is 30.6 Å². The molecular formula is C24H27N7O5. The molecule has 12 heteroatoms. The minimum absolute atomic E-state index is 0.0538. The van der Waals surface area contributed by atoms with Crippen LogP contribution in [0.5, 0.6) is 0 Å². The highest BCUT2D eigenvalue weighted by atomic mass is 16.5. The van der Waals surface area contributed by atoms with Gasteiger partial charge in [-0.15, -0.1) is 0 Å². The number of nitrogens with zero attached hydrogens (tertiary/aromatic N) is 5. The largest absolute Gasteiger partial charge is 0.466 e. The van der Waals surface area contributed by atoms with Gasteiger partial charge in [-0.05, 0) is 31.5 Å². The molecular weight excluding hydrogens is 466 g/mol. The summed E-state index contributed by atoms with van der Waals surface area (Å²) in [7, 11) is 4.29. The van der Waals surface area contributed by atoms with Crippen LogP contribution in [0.3, 0.4) is 0 Å². The number of benzene rings is 1. The summed E-state index contributed by atoms with van der Waals surface area (Å²) in [6.07, 6.45) is 1.46. The second kappa shape index (κ2) is 10.4. The quantitative estimate of drug-likeness (QED) is 0.470. The first-order valence-corrected chi connectivity index (χ1v) is 11.1. The van der Waals surface area contributed by atoms with E-state index in [0.717, 1.165) is 16.9 Å². The van der Waals surface area contributed by atoms with E-state index in [1.54, 1.807) is 22.7 Å². The molecule has 12 nitrogen and oxygen atoms in total. The number of carbonyl (C=O) groups excluding carboxylic acids is 2. The molecule has 0 amide bonds. The summed E-state index contributed by atoms with van der Waals surface area (Å²) in [5.41, 5.74) is 3.27. The minimum atomic E-state index is -0.661. The van der Waals surface area contributed by atoms with Crippen molar-refractivity contribution in [3.05, 3.63) is 59.2 Å². The number of esters is 2. The molecule has 2 aromatic heterocycles. The molecule has 0 bridgehead atoms. The van der Waals surface area contributed by atoms with E-state index in [9.17, 15) is 9.59 Å². The number of carbonyl (C=O) groups is 2. The van der Waals surface area contributed by atoms with E-state index in [-0.39, 0.29) is 24.6 Å². The van der Waals surface area contributed by atoms with Crippen molar-refractivity contribution in [3.8, 4) is 5.82 Å². The third-order valence-electron chi connectivity index (χ3n) is 5.59. The summed E-state index contributed by atoms with van der Waals surface area (Å²) in [5, 5.41) is 11.0. The molecule has 188 valence electrons. The Hall–Kier alpha value is -4.45. The van der Waals surface area contributed by atoms with Gasteiger partial charge in [0.1, 0.15) is 30.4 Å². The second-order valence-electron chi connectivity index (χ2n) is 7.93. The van der Waals surface area contributed by atoms with Gasteiger partial charge in [0.2, 0.25) is 0 Å². The van der Waals surface area contributed by atoms with Gasteiger partial charge in [-0.2, -0.15) is 9.78 Å². The van der Waals surface area contributed by atoms with Crippen LogP contribution in [0.4, 0.5) is 23.0 Å². The second-order valence-corrected chi connectivity index (χ2v) is 7.93. The first kappa shape index (κ1) is 24.7. The maximum absolute atomic E-state index is 12.7. The van der Waals surface area contributed by atoms with Crippen molar-refractivity contribution in [2.45, 2.75) is 13.8 Å². The van der Waals surface area contributed by atoms with Crippen molar-refractivity contribution in [1.82, 2.24) is 19.7 Å². The number of methoxy groups -OCH3 is 2. The van der Waals surface area contributed by atoms with Crippen LogP contribution in [0, 0.1) is 13.8 Å². The third-order valence-corrected chi connectivity index (χ3v) is 5.59. The molecule has 36 heavy (non-hydrogen) atoms. The zero-order valence-corrected chi connectivity index (χ0v) is 20.7. The highest BCUT2D eigenvalue weighted by Crippen LogP contribution is 2.32. The average Bonchev–Trinajstić information content (AvgIpc) is 3.28. The predicted molar refractivity (Wildman–Crippen MR) is 132 cm³/mol. The number of nitrogens with one attached hydrogen (secondary N) is 2. The van der Waals surface area contributed by atoms with Crippen molar-refractivity contribution in [1.29, 1.82) is 0 Å². The van der Waals surface area contributed by atoms with E-state index < -0.39 is 11.9 Å². The number of aromatic nitrogens is 4. The monoisotopic (exact) mass is 493 g/mol. The van der Waals surface area contributed by atoms with E-state index in [2.05, 4.69) is 25.7 Å². The van der Waals surface area contributed by atoms with Crippen molar-refractivity contribution < 1.29 is 23.8 Å². The molecule has 0 spiro atoms.